The van der Waals surface area contributed by atoms with E-state index >= 15 is 0 Å². The third-order valence-electron chi connectivity index (χ3n) is 4.49. The molecular weight excluding hydrogens is 300 g/mol. The van der Waals surface area contributed by atoms with Gasteiger partial charge in [-0.1, -0.05) is 18.0 Å². The van der Waals surface area contributed by atoms with Gasteiger partial charge in [0.15, 0.2) is 5.82 Å². The fraction of sp³-hybridized carbons (Fsp3) is 0.733. The number of ether oxygens (including phenoxy) is 1. The van der Waals surface area contributed by atoms with Gasteiger partial charge in [-0.3, -0.25) is 9.59 Å². The molecule has 2 amide bonds. The molecule has 1 saturated heterocycles. The van der Waals surface area contributed by atoms with Crippen molar-refractivity contribution in [2.45, 2.75) is 51.3 Å². The Balaban J connectivity index is 1.49. The van der Waals surface area contributed by atoms with Crippen LogP contribution in [0.1, 0.15) is 43.8 Å². The molecule has 0 radical (unpaired) electrons. The topological polar surface area (TPSA) is 97.6 Å². The maximum absolute atomic E-state index is 12.3. The highest BCUT2D eigenvalue weighted by Crippen LogP contribution is 2.29. The maximum Gasteiger partial charge on any atom is 0.252 e. The molecule has 2 heterocycles. The second-order valence-corrected chi connectivity index (χ2v) is 6.14. The third-order valence-corrected chi connectivity index (χ3v) is 4.49. The van der Waals surface area contributed by atoms with Gasteiger partial charge in [0.25, 0.3) is 5.89 Å². The second kappa shape index (κ2) is 7.08. The van der Waals surface area contributed by atoms with Crippen LogP contribution in [-0.4, -0.2) is 46.6 Å². The number of amides is 2. The zero-order valence-corrected chi connectivity index (χ0v) is 13.3. The molecule has 1 aromatic rings. The summed E-state index contributed by atoms with van der Waals surface area (Å²) in [7, 11) is 1.54. The molecule has 126 valence electrons. The lowest BCUT2D eigenvalue weighted by atomic mass is 10.1. The van der Waals surface area contributed by atoms with Gasteiger partial charge < -0.3 is 19.5 Å². The highest BCUT2D eigenvalue weighted by atomic mass is 16.5. The maximum atomic E-state index is 12.3. The van der Waals surface area contributed by atoms with Gasteiger partial charge in [-0.05, 0) is 12.8 Å². The number of likely N-dealkylation sites (tertiary alicyclic amines) is 1. The lowest BCUT2D eigenvalue weighted by molar-refractivity contribution is -0.130. The van der Waals surface area contributed by atoms with Crippen LogP contribution in [0, 0.1) is 5.92 Å². The fourth-order valence-electron chi connectivity index (χ4n) is 3.33. The molecule has 2 aliphatic rings. The summed E-state index contributed by atoms with van der Waals surface area (Å²) in [5, 5.41) is 6.55. The van der Waals surface area contributed by atoms with Crippen LogP contribution in [0.25, 0.3) is 0 Å². The number of aromatic nitrogens is 2. The Bertz CT molecular complexity index is 568. The minimum absolute atomic E-state index is 0.0963. The van der Waals surface area contributed by atoms with Gasteiger partial charge in [-0.25, -0.2) is 0 Å². The predicted molar refractivity (Wildman–Crippen MR) is 78.9 cm³/mol. The highest BCUT2D eigenvalue weighted by molar-refractivity contribution is 5.89. The lowest BCUT2D eigenvalue weighted by Crippen LogP contribution is -2.36. The average molecular weight is 322 g/mol. The van der Waals surface area contributed by atoms with Crippen LogP contribution in [0.3, 0.4) is 0 Å². The molecule has 0 aromatic carbocycles. The minimum atomic E-state index is -0.284. The minimum Gasteiger partial charge on any atom is -0.375 e. The van der Waals surface area contributed by atoms with Crippen molar-refractivity contribution in [1.82, 2.24) is 20.4 Å². The first-order chi connectivity index (χ1) is 11.2. The molecule has 23 heavy (non-hydrogen) atoms. The molecule has 1 N–H and O–H groups in total. The van der Waals surface area contributed by atoms with E-state index in [0.717, 1.165) is 12.8 Å². The van der Waals surface area contributed by atoms with Gasteiger partial charge in [0.1, 0.15) is 6.61 Å². The van der Waals surface area contributed by atoms with Crippen LogP contribution in [0.4, 0.5) is 0 Å². The molecule has 1 saturated carbocycles. The highest BCUT2D eigenvalue weighted by Gasteiger charge is 2.38. The van der Waals surface area contributed by atoms with E-state index in [2.05, 4.69) is 15.5 Å². The number of carbonyl (C=O) groups excluding carboxylic acids is 2. The zero-order valence-electron chi connectivity index (χ0n) is 13.3. The van der Waals surface area contributed by atoms with Crippen molar-refractivity contribution in [2.24, 2.45) is 5.92 Å². The van der Waals surface area contributed by atoms with Crippen LogP contribution in [0.2, 0.25) is 0 Å². The monoisotopic (exact) mass is 322 g/mol. The Labute approximate surface area is 134 Å². The quantitative estimate of drug-likeness (QED) is 0.824. The van der Waals surface area contributed by atoms with Gasteiger partial charge in [-0.2, -0.15) is 4.98 Å². The van der Waals surface area contributed by atoms with E-state index in [1.165, 1.54) is 12.8 Å². The fourth-order valence-corrected chi connectivity index (χ4v) is 3.33. The molecule has 1 aliphatic carbocycles. The van der Waals surface area contributed by atoms with E-state index in [4.69, 9.17) is 9.26 Å². The Kier molecular flexibility index (Phi) is 4.90. The van der Waals surface area contributed by atoms with Crippen molar-refractivity contribution in [3.05, 3.63) is 11.7 Å². The Morgan fingerprint density at radius 3 is 2.96 bits per heavy atom. The average Bonchev–Trinajstić information content (AvgIpc) is 3.25. The van der Waals surface area contributed by atoms with Gasteiger partial charge in [-0.15, -0.1) is 0 Å². The summed E-state index contributed by atoms with van der Waals surface area (Å²) in [5.74, 6) is 0.465. The first-order valence-electron chi connectivity index (χ1n) is 8.05. The molecule has 1 atom stereocenters. The smallest absolute Gasteiger partial charge is 0.252 e. The van der Waals surface area contributed by atoms with Crippen molar-refractivity contribution in [3.63, 3.8) is 0 Å². The first-order valence-corrected chi connectivity index (χ1v) is 8.05. The van der Waals surface area contributed by atoms with E-state index in [-0.39, 0.29) is 30.9 Å². The molecular formula is C15H22N4O4. The third kappa shape index (κ3) is 3.69. The molecule has 8 heteroatoms. The molecule has 1 aliphatic heterocycles. The number of hydrogen-bond donors (Lipinski definition) is 1. The van der Waals surface area contributed by atoms with Gasteiger partial charge >= 0.3 is 0 Å². The van der Waals surface area contributed by atoms with Crippen LogP contribution >= 0.6 is 0 Å². The normalized spacial score (nSPS) is 22.0. The SMILES string of the molecule is COCc1nc(CNC(=O)C2CC(=O)N(C3CCCC3)C2)no1. The first kappa shape index (κ1) is 15.9. The number of hydrogen-bond acceptors (Lipinski definition) is 6. The van der Waals surface area contributed by atoms with E-state index in [0.29, 0.717) is 30.7 Å². The Hall–Kier alpha value is -1.96. The molecule has 8 nitrogen and oxygen atoms in total. The van der Waals surface area contributed by atoms with Crippen molar-refractivity contribution in [3.8, 4) is 0 Å². The van der Waals surface area contributed by atoms with Crippen molar-refractivity contribution in [1.29, 1.82) is 0 Å². The standard InChI is InChI=1S/C15H22N4O4/c1-22-9-13-17-12(18-23-13)7-16-15(21)10-6-14(20)19(8-10)11-4-2-3-5-11/h10-11H,2-9H2,1H3,(H,16,21). The summed E-state index contributed by atoms with van der Waals surface area (Å²) in [6.45, 7) is 0.963. The summed E-state index contributed by atoms with van der Waals surface area (Å²) >= 11 is 0. The Morgan fingerprint density at radius 2 is 2.22 bits per heavy atom. The van der Waals surface area contributed by atoms with E-state index in [1.807, 2.05) is 4.90 Å². The van der Waals surface area contributed by atoms with Gasteiger partial charge in [0.2, 0.25) is 11.8 Å². The van der Waals surface area contributed by atoms with Crippen molar-refractivity contribution in [2.75, 3.05) is 13.7 Å². The van der Waals surface area contributed by atoms with E-state index in [9.17, 15) is 9.59 Å². The molecule has 1 aromatic heterocycles. The van der Waals surface area contributed by atoms with Gasteiger partial charge in [0.05, 0.1) is 12.5 Å². The molecule has 0 spiro atoms. The van der Waals surface area contributed by atoms with Crippen LogP contribution in [0.5, 0.6) is 0 Å². The second-order valence-electron chi connectivity index (χ2n) is 6.14. The van der Waals surface area contributed by atoms with Crippen LogP contribution < -0.4 is 5.32 Å². The lowest BCUT2D eigenvalue weighted by Gasteiger charge is -2.23. The van der Waals surface area contributed by atoms with Gasteiger partial charge in [0, 0.05) is 26.1 Å². The van der Waals surface area contributed by atoms with Crippen LogP contribution in [0.15, 0.2) is 4.52 Å². The summed E-state index contributed by atoms with van der Waals surface area (Å²) in [5.41, 5.74) is 0. The number of rotatable bonds is 6. The van der Waals surface area contributed by atoms with Crippen LogP contribution in [-0.2, 0) is 27.5 Å². The number of nitrogens with one attached hydrogen (secondary N) is 1. The van der Waals surface area contributed by atoms with E-state index in [1.54, 1.807) is 7.11 Å². The molecule has 0 bridgehead atoms. The summed E-state index contributed by atoms with van der Waals surface area (Å²) in [6.07, 6.45) is 4.76. The Morgan fingerprint density at radius 1 is 1.43 bits per heavy atom. The molecule has 3 rings (SSSR count). The zero-order chi connectivity index (χ0) is 16.2. The van der Waals surface area contributed by atoms with E-state index < -0.39 is 0 Å². The predicted octanol–water partition coefficient (Wildman–Crippen LogP) is 0.623. The molecule has 2 fully saturated rings. The van der Waals surface area contributed by atoms with Crippen molar-refractivity contribution >= 4 is 11.8 Å². The van der Waals surface area contributed by atoms with Crippen molar-refractivity contribution < 1.29 is 18.8 Å². The summed E-state index contributed by atoms with van der Waals surface area (Å²) in [4.78, 5) is 30.4. The molecule has 1 unspecified atom stereocenters. The number of methoxy groups -OCH3 is 1. The summed E-state index contributed by atoms with van der Waals surface area (Å²) < 4.78 is 9.86. The largest absolute Gasteiger partial charge is 0.375 e. The summed E-state index contributed by atoms with van der Waals surface area (Å²) in [6, 6.07) is 0.328. The number of carbonyl (C=O) groups is 2. The number of nitrogens with zero attached hydrogens (tertiary/aromatic N) is 3.